The van der Waals surface area contributed by atoms with Crippen molar-refractivity contribution in [1.29, 1.82) is 0 Å². The number of nitrogens with one attached hydrogen (secondary N) is 3. The predicted molar refractivity (Wildman–Crippen MR) is 294 cm³/mol. The lowest BCUT2D eigenvalue weighted by molar-refractivity contribution is -0.271. The summed E-state index contributed by atoms with van der Waals surface area (Å²) in [5.74, 6) is -6.26. The number of benzene rings is 2. The molecule has 9 N–H and O–H groups in total. The third-order valence-corrected chi connectivity index (χ3v) is 19.9. The van der Waals surface area contributed by atoms with Gasteiger partial charge in [-0.15, -0.1) is 5.06 Å². The number of fused-ring (bicyclic) bond motifs is 10. The second-order valence-corrected chi connectivity index (χ2v) is 25.1. The molecule has 5 amide bonds. The van der Waals surface area contributed by atoms with Crippen molar-refractivity contribution in [2.24, 2.45) is 28.6 Å². The van der Waals surface area contributed by atoms with Crippen molar-refractivity contribution in [1.82, 2.24) is 15.7 Å². The summed E-state index contributed by atoms with van der Waals surface area (Å²) in [6, 6.07) is 11.9. The van der Waals surface area contributed by atoms with Crippen molar-refractivity contribution in [3.05, 3.63) is 83.0 Å². The number of hydroxylamine groups is 2. The highest BCUT2D eigenvalue weighted by atomic mass is 16.7. The lowest BCUT2D eigenvalue weighted by Gasteiger charge is -2.59. The average molecular weight is 1210 g/mol. The maximum Gasteiger partial charge on any atom is 0.407 e. The Labute approximate surface area is 498 Å². The van der Waals surface area contributed by atoms with Gasteiger partial charge in [-0.25, -0.2) is 14.4 Å². The minimum absolute atomic E-state index is 0.0284. The van der Waals surface area contributed by atoms with Gasteiger partial charge in [0.1, 0.15) is 37.3 Å². The topological polar surface area (TPSA) is 379 Å². The molecule has 4 saturated carbocycles. The van der Waals surface area contributed by atoms with E-state index in [-0.39, 0.29) is 80.4 Å². The number of alkyl carbamates (subject to hydrolysis) is 1. The average Bonchev–Trinajstić information content (AvgIpc) is 1.55. The molecule has 87 heavy (non-hydrogen) atoms. The van der Waals surface area contributed by atoms with E-state index in [0.29, 0.717) is 61.1 Å². The van der Waals surface area contributed by atoms with Crippen LogP contribution in [0.3, 0.4) is 0 Å². The number of nitrogens with zero attached hydrogens (tertiary/aromatic N) is 1. The fraction of sp³-hybridized carbons (Fsp3) is 0.590. The van der Waals surface area contributed by atoms with Gasteiger partial charge in [0, 0.05) is 61.0 Å². The number of rotatable bonds is 19. The highest BCUT2D eigenvalue weighted by Crippen LogP contribution is 2.70. The van der Waals surface area contributed by atoms with Crippen LogP contribution in [-0.2, 0) is 79.9 Å². The molecule has 5 saturated heterocycles. The zero-order valence-corrected chi connectivity index (χ0v) is 48.0. The number of anilines is 1. The molecule has 0 radical (unpaired) electrons. The van der Waals surface area contributed by atoms with Gasteiger partial charge in [0.25, 0.3) is 11.8 Å². The van der Waals surface area contributed by atoms with Crippen LogP contribution in [0, 0.1) is 28.6 Å². The molecule has 26 nitrogen and oxygen atoms in total. The molecule has 14 atom stereocenters. The van der Waals surface area contributed by atoms with E-state index in [9.17, 15) is 73.8 Å². The summed E-state index contributed by atoms with van der Waals surface area (Å²) in [5, 5.41) is 71.8. The van der Waals surface area contributed by atoms with Crippen LogP contribution >= 0.6 is 0 Å². The number of aliphatic hydroxyl groups excluding tert-OH is 5. The highest BCUT2D eigenvalue weighted by Gasteiger charge is 2.76. The third kappa shape index (κ3) is 11.5. The third-order valence-electron chi connectivity index (χ3n) is 19.9. The Morgan fingerprint density at radius 2 is 1.55 bits per heavy atom. The number of Topliss-reactive ketones (excluding diaryl/α,β-unsaturated/α-hetero) is 1. The Hall–Kier alpha value is -7.01. The van der Waals surface area contributed by atoms with Crippen molar-refractivity contribution < 1.29 is 107 Å². The van der Waals surface area contributed by atoms with E-state index in [2.05, 4.69) is 22.9 Å². The molecule has 26 heteroatoms. The number of carboxylic acid groups (broad SMARTS) is 1. The number of carbonyl (C=O) groups excluding carboxylic acids is 8. The molecule has 12 rings (SSSR count). The van der Waals surface area contributed by atoms with Crippen molar-refractivity contribution in [2.45, 2.75) is 176 Å². The van der Waals surface area contributed by atoms with E-state index < -0.39 is 144 Å². The lowest BCUT2D eigenvalue weighted by Crippen LogP contribution is -2.63. The van der Waals surface area contributed by atoms with Gasteiger partial charge in [-0.05, 0) is 98.6 Å². The minimum Gasteiger partial charge on any atom is -0.479 e. The quantitative estimate of drug-likeness (QED) is 0.0908. The first-order valence-corrected chi connectivity index (χ1v) is 29.5. The molecule has 5 aliphatic carbocycles. The van der Waals surface area contributed by atoms with Gasteiger partial charge < -0.3 is 79.8 Å². The van der Waals surface area contributed by atoms with E-state index >= 15 is 0 Å². The van der Waals surface area contributed by atoms with Gasteiger partial charge in [-0.1, -0.05) is 55.8 Å². The van der Waals surface area contributed by atoms with Gasteiger partial charge in [-0.3, -0.25) is 28.8 Å². The maximum atomic E-state index is 14.1. The number of allylic oxidation sites excluding steroid dienone is 4. The number of aliphatic hydroxyl groups is 5. The largest absolute Gasteiger partial charge is 0.479 e. The van der Waals surface area contributed by atoms with Gasteiger partial charge >= 0.3 is 18.0 Å². The molecule has 2 aromatic rings. The summed E-state index contributed by atoms with van der Waals surface area (Å²) in [7, 11) is 0. The van der Waals surface area contributed by atoms with Crippen LogP contribution in [0.25, 0.3) is 0 Å². The fourth-order valence-electron chi connectivity index (χ4n) is 15.3. The van der Waals surface area contributed by atoms with Crippen LogP contribution in [0.2, 0.25) is 0 Å². The van der Waals surface area contributed by atoms with Crippen LogP contribution in [0.4, 0.5) is 10.5 Å². The van der Waals surface area contributed by atoms with Crippen LogP contribution in [0.15, 0.2) is 66.3 Å². The summed E-state index contributed by atoms with van der Waals surface area (Å²) in [5.41, 5.74) is -1.13. The van der Waals surface area contributed by atoms with Crippen molar-refractivity contribution in [2.75, 3.05) is 25.1 Å². The second kappa shape index (κ2) is 23.8. The maximum absolute atomic E-state index is 14.1. The molecule has 9 fully saturated rings. The number of ketones is 2. The molecule has 5 aliphatic heterocycles. The highest BCUT2D eigenvalue weighted by molar-refractivity contribution is 6.02. The molecule has 0 aromatic heterocycles. The van der Waals surface area contributed by atoms with Gasteiger partial charge in [0.2, 0.25) is 18.1 Å². The summed E-state index contributed by atoms with van der Waals surface area (Å²) in [6.07, 6.45) is -3.90. The number of carboxylic acids is 1. The fourth-order valence-corrected chi connectivity index (χ4v) is 15.3. The number of carbonyl (C=O) groups is 9. The molecule has 2 aromatic carbocycles. The number of ether oxygens (including phenoxy) is 6. The zero-order chi connectivity index (χ0) is 62.0. The molecule has 468 valence electrons. The Morgan fingerprint density at radius 3 is 2.24 bits per heavy atom. The van der Waals surface area contributed by atoms with Crippen LogP contribution in [0.5, 0.6) is 5.75 Å². The van der Waals surface area contributed by atoms with E-state index in [1.54, 1.807) is 12.2 Å². The SMILES string of the molecule is C[C@]12C=CC(=O)C=C1CC[C@@H]1[C@@H]2[C@@H](O)C[C@@]2(C)[C@H]1C[C@H]1O[C@@H](c3ccc(CC45CCC(NC(=O)OCc6ccc(O[C@@H]7O[C@H](C(=O)O)[C@@H](O)[C@H](O)[C@H]7O)c(NC(=O)CCNC(=O)CCC(=O)ON7C(=O)CCC7=O)c6)(CC4)CO5)cc3)O[C@]12C(=O)CO. The summed E-state index contributed by atoms with van der Waals surface area (Å²) in [4.78, 5) is 118. The monoisotopic (exact) mass is 1210 g/mol. The summed E-state index contributed by atoms with van der Waals surface area (Å²) in [6.45, 7) is 2.99. The van der Waals surface area contributed by atoms with E-state index in [4.69, 9.17) is 33.3 Å². The van der Waals surface area contributed by atoms with Gasteiger partial charge in [0.15, 0.2) is 29.6 Å². The lowest BCUT2D eigenvalue weighted by atomic mass is 9.46. The van der Waals surface area contributed by atoms with Crippen LogP contribution in [0.1, 0.15) is 120 Å². The first kappa shape index (κ1) is 61.6. The number of aliphatic carboxylic acids is 1. The number of amides is 5. The van der Waals surface area contributed by atoms with Crippen LogP contribution in [-0.4, -0.2) is 168 Å². The van der Waals surface area contributed by atoms with Crippen LogP contribution < -0.4 is 20.7 Å². The first-order valence-electron chi connectivity index (χ1n) is 29.5. The van der Waals surface area contributed by atoms with Gasteiger partial charge in [0.05, 0.1) is 42.1 Å². The Balaban J connectivity index is 0.680. The molecule has 10 aliphatic rings. The van der Waals surface area contributed by atoms with E-state index in [1.807, 2.05) is 37.3 Å². The molecule has 0 unspecified atom stereocenters. The molecule has 0 spiro atoms. The van der Waals surface area contributed by atoms with Crippen molar-refractivity contribution in [3.8, 4) is 5.75 Å². The number of imide groups is 1. The molecule has 2 bridgehead atoms. The van der Waals surface area contributed by atoms with Crippen molar-refractivity contribution in [3.63, 3.8) is 0 Å². The number of hydrogen-bond donors (Lipinski definition) is 9. The second-order valence-electron chi connectivity index (χ2n) is 25.1. The first-order chi connectivity index (χ1) is 41.4. The summed E-state index contributed by atoms with van der Waals surface area (Å²) < 4.78 is 36.7. The molecule has 5 heterocycles. The Kier molecular flexibility index (Phi) is 16.9. The zero-order valence-electron chi connectivity index (χ0n) is 48.0. The normalized spacial score (nSPS) is 36.4. The van der Waals surface area contributed by atoms with E-state index in [1.165, 1.54) is 18.2 Å². The smallest absolute Gasteiger partial charge is 0.407 e. The standard InChI is InChI=1S/C61H72N4O22/c1-57-17-15-35(67)24-34(57)8-9-36-37-25-42-61(41(69)28-66,58(37,2)27-39(68)48(36)57)86-54(84-42)33-6-3-31(4-7-33)26-60-20-18-59(19-21-60,30-82-60)64-56(80)81-29-32-5-10-40(83-55-51(77)49(75)50(76)52(85-55)53(78)79)38(23-32)63-44(71)16-22-62-43(70)11-14-47(74)87-65-45(72)12-13-46(65)73/h3-7,10,15,17,23-24,36-37,39,42,48-52,54-55,66,68,75-77H,8-9,11-14,16,18-22,25-30H2,1-2H3,(H,62,70)(H,63,71)(H,64,80)(H,78,79)/t36-,37-,39-,42+,48+,49-,50-,51+,52-,54+,55+,57-,58-,59?,60?,61+/m0/s1. The number of hydrogen-bond acceptors (Lipinski definition) is 21. The molecular formula is C61H72N4O22. The minimum atomic E-state index is -2.01. The predicted octanol–water partition coefficient (Wildman–Crippen LogP) is 1.94. The van der Waals surface area contributed by atoms with E-state index in [0.717, 1.165) is 17.6 Å². The Morgan fingerprint density at radius 1 is 0.828 bits per heavy atom. The molecular weight excluding hydrogens is 1140 g/mol. The Bertz CT molecular complexity index is 3150. The van der Waals surface area contributed by atoms with Crippen molar-refractivity contribution >= 4 is 58.9 Å². The van der Waals surface area contributed by atoms with Gasteiger partial charge in [-0.2, -0.15) is 0 Å². The summed E-state index contributed by atoms with van der Waals surface area (Å²) >= 11 is 0.